The van der Waals surface area contributed by atoms with Crippen molar-refractivity contribution >= 4 is 28.5 Å². The van der Waals surface area contributed by atoms with Crippen molar-refractivity contribution in [3.8, 4) is 11.1 Å². The summed E-state index contributed by atoms with van der Waals surface area (Å²) in [7, 11) is -2.53. The van der Waals surface area contributed by atoms with Crippen LogP contribution in [0.5, 0.6) is 0 Å². The van der Waals surface area contributed by atoms with E-state index in [-0.39, 0.29) is 0 Å². The van der Waals surface area contributed by atoms with Gasteiger partial charge in [0, 0.05) is 0 Å². The third kappa shape index (κ3) is 3.50. The predicted octanol–water partition coefficient (Wildman–Crippen LogP) is 5.71. The number of rotatable bonds is 5. The summed E-state index contributed by atoms with van der Waals surface area (Å²) in [5.41, 5.74) is 2.57. The van der Waals surface area contributed by atoms with Gasteiger partial charge in [0.1, 0.15) is 0 Å². The molecule has 0 aromatic heterocycles. The van der Waals surface area contributed by atoms with Crippen molar-refractivity contribution in [1.29, 1.82) is 0 Å². The number of benzene rings is 5. The molecule has 1 heteroatoms. The fourth-order valence-corrected chi connectivity index (χ4v) is 9.70. The van der Waals surface area contributed by atoms with E-state index < -0.39 is 7.26 Å². The fourth-order valence-electron chi connectivity index (χ4n) is 4.71. The Balaban J connectivity index is 1.94. The van der Waals surface area contributed by atoms with Crippen molar-refractivity contribution < 1.29 is 0 Å². The summed E-state index contributed by atoms with van der Waals surface area (Å²) < 4.78 is 0. The zero-order valence-electron chi connectivity index (χ0n) is 17.4. The van der Waals surface area contributed by atoms with Crippen LogP contribution in [-0.4, -0.2) is 0 Å². The van der Waals surface area contributed by atoms with Crippen molar-refractivity contribution in [3.63, 3.8) is 0 Å². The van der Waals surface area contributed by atoms with Gasteiger partial charge >= 0.3 is 185 Å². The normalized spacial score (nSPS) is 11.7. The van der Waals surface area contributed by atoms with Crippen LogP contribution in [-0.2, 0) is 0 Å². The van der Waals surface area contributed by atoms with E-state index in [1.807, 2.05) is 0 Å². The zero-order chi connectivity index (χ0) is 20.9. The van der Waals surface area contributed by atoms with Gasteiger partial charge in [0.2, 0.25) is 0 Å². The Kier molecular flexibility index (Phi) is 5.48. The summed E-state index contributed by atoms with van der Waals surface area (Å²) in [6, 6.07) is 53.0. The van der Waals surface area contributed by atoms with Crippen LogP contribution < -0.4 is 21.2 Å². The van der Waals surface area contributed by atoms with Crippen LogP contribution in [0.25, 0.3) is 11.1 Å². The molecule has 5 aromatic carbocycles. The molecule has 0 spiro atoms. The molecule has 5 aromatic rings. The van der Waals surface area contributed by atoms with E-state index >= 15 is 0 Å². The molecule has 0 aliphatic rings. The first-order valence-electron chi connectivity index (χ1n) is 10.7. The van der Waals surface area contributed by atoms with Gasteiger partial charge in [-0.05, 0) is 0 Å². The molecule has 0 heterocycles. The van der Waals surface area contributed by atoms with E-state index in [4.69, 9.17) is 0 Å². The van der Waals surface area contributed by atoms with Gasteiger partial charge in [0.25, 0.3) is 0 Å². The van der Waals surface area contributed by atoms with Crippen molar-refractivity contribution in [1.82, 2.24) is 0 Å². The molecule has 0 atom stereocenters. The Morgan fingerprint density at radius 3 is 1.13 bits per heavy atom. The van der Waals surface area contributed by atoms with Crippen LogP contribution in [0.3, 0.4) is 0 Å². The molecule has 31 heavy (non-hydrogen) atoms. The molecule has 0 bridgehead atoms. The average molecular weight is 417 g/mol. The Bertz CT molecular complexity index is 1150. The summed E-state index contributed by atoms with van der Waals surface area (Å²) in [5.74, 6) is 0. The van der Waals surface area contributed by atoms with E-state index in [0.29, 0.717) is 0 Å². The molecule has 0 fully saturated rings. The Labute approximate surface area is 185 Å². The van der Waals surface area contributed by atoms with Crippen LogP contribution in [0.15, 0.2) is 146 Å². The van der Waals surface area contributed by atoms with Gasteiger partial charge in [-0.25, -0.2) is 0 Å². The Morgan fingerprint density at radius 2 is 0.677 bits per heavy atom. The summed E-state index contributed by atoms with van der Waals surface area (Å²) in [6.45, 7) is 0. The summed E-state index contributed by atoms with van der Waals surface area (Å²) in [6.07, 6.45) is 0. The van der Waals surface area contributed by atoms with Gasteiger partial charge in [0.15, 0.2) is 0 Å². The molecular formula is C30H25P. The standard InChI is InChI=1S/C30H25P/c1-5-15-25(16-6-1)29-23-13-14-24-30(29)31(26-17-7-2-8-18-26,27-19-9-3-10-20-27)28-21-11-4-12-22-28/h1-24,31H. The van der Waals surface area contributed by atoms with E-state index in [1.165, 1.54) is 32.3 Å². The van der Waals surface area contributed by atoms with Crippen LogP contribution in [0.2, 0.25) is 0 Å². The molecule has 0 amide bonds. The van der Waals surface area contributed by atoms with Gasteiger partial charge in [-0.2, -0.15) is 0 Å². The molecule has 0 radical (unpaired) electrons. The SMILES string of the molecule is c1ccc(-c2ccccc2[PH](c2ccccc2)(c2ccccc2)c2ccccc2)cc1. The molecule has 0 unspecified atom stereocenters. The summed E-state index contributed by atoms with van der Waals surface area (Å²) in [5, 5.41) is 5.62. The third-order valence-electron chi connectivity index (χ3n) is 6.04. The van der Waals surface area contributed by atoms with Gasteiger partial charge in [-0.15, -0.1) is 0 Å². The molecule has 5 rings (SSSR count). The van der Waals surface area contributed by atoms with Crippen LogP contribution in [0, 0.1) is 0 Å². The molecule has 0 saturated carbocycles. The van der Waals surface area contributed by atoms with E-state index in [1.54, 1.807) is 0 Å². The average Bonchev–Trinajstić information content (AvgIpc) is 2.87. The monoisotopic (exact) mass is 416 g/mol. The van der Waals surface area contributed by atoms with Crippen LogP contribution in [0.1, 0.15) is 0 Å². The van der Waals surface area contributed by atoms with Crippen molar-refractivity contribution in [2.75, 3.05) is 0 Å². The maximum atomic E-state index is 2.35. The predicted molar refractivity (Wildman–Crippen MR) is 138 cm³/mol. The molecule has 0 N–H and O–H groups in total. The first-order valence-corrected chi connectivity index (χ1v) is 12.7. The van der Waals surface area contributed by atoms with Crippen LogP contribution in [0.4, 0.5) is 0 Å². The van der Waals surface area contributed by atoms with E-state index in [0.717, 1.165) is 0 Å². The summed E-state index contributed by atoms with van der Waals surface area (Å²) >= 11 is 0. The van der Waals surface area contributed by atoms with Gasteiger partial charge in [-0.1, -0.05) is 0 Å². The van der Waals surface area contributed by atoms with Crippen LogP contribution >= 0.6 is 7.26 Å². The topological polar surface area (TPSA) is 0 Å². The second kappa shape index (κ2) is 8.72. The van der Waals surface area contributed by atoms with Crippen molar-refractivity contribution in [2.45, 2.75) is 0 Å². The minimum atomic E-state index is -2.53. The first-order chi connectivity index (χ1) is 15.4. The van der Waals surface area contributed by atoms with E-state index in [9.17, 15) is 0 Å². The molecule has 0 saturated heterocycles. The van der Waals surface area contributed by atoms with Gasteiger partial charge in [-0.3, -0.25) is 0 Å². The number of hydrogen-bond acceptors (Lipinski definition) is 0. The molecule has 0 nitrogen and oxygen atoms in total. The van der Waals surface area contributed by atoms with E-state index in [2.05, 4.69) is 146 Å². The molecule has 0 aliphatic heterocycles. The minimum absolute atomic E-state index is 1.26. The second-order valence-corrected chi connectivity index (χ2v) is 11.5. The quantitative estimate of drug-likeness (QED) is 0.322. The second-order valence-electron chi connectivity index (χ2n) is 7.76. The maximum absolute atomic E-state index is 2.53. The molecule has 0 aliphatic carbocycles. The zero-order valence-corrected chi connectivity index (χ0v) is 18.4. The third-order valence-corrected chi connectivity index (χ3v) is 10.9. The van der Waals surface area contributed by atoms with Gasteiger partial charge < -0.3 is 0 Å². The van der Waals surface area contributed by atoms with Crippen molar-refractivity contribution in [3.05, 3.63) is 146 Å². The van der Waals surface area contributed by atoms with Gasteiger partial charge in [0.05, 0.1) is 0 Å². The Hall–Kier alpha value is -3.47. The summed E-state index contributed by atoms with van der Waals surface area (Å²) in [4.78, 5) is 0. The Morgan fingerprint density at radius 1 is 0.323 bits per heavy atom. The number of hydrogen-bond donors (Lipinski definition) is 0. The fraction of sp³-hybridized carbons (Fsp3) is 0. The molecule has 150 valence electrons. The van der Waals surface area contributed by atoms with Crippen molar-refractivity contribution in [2.24, 2.45) is 0 Å². The first kappa shape index (κ1) is 19.5. The molecular weight excluding hydrogens is 391 g/mol.